The highest BCUT2D eigenvalue weighted by atomic mass is 16.5. The largest absolute Gasteiger partial charge is 0.416 e. The van der Waals surface area contributed by atoms with Crippen LogP contribution in [0.5, 0.6) is 0 Å². The molecule has 0 radical (unpaired) electrons. The molecule has 0 amide bonds. The SMILES string of the molecule is COC1C=Cc2[nH]c(=O)oc2C1. The molecule has 0 saturated carbocycles. The Morgan fingerprint density at radius 1 is 1.75 bits per heavy atom. The molecule has 1 N–H and O–H groups in total. The van der Waals surface area contributed by atoms with Crippen LogP contribution < -0.4 is 5.76 Å². The van der Waals surface area contributed by atoms with Gasteiger partial charge in [-0.2, -0.15) is 0 Å². The first kappa shape index (κ1) is 7.36. The molecule has 1 unspecified atom stereocenters. The first-order chi connectivity index (χ1) is 5.79. The van der Waals surface area contributed by atoms with Gasteiger partial charge in [-0.05, 0) is 6.08 Å². The molecule has 0 spiro atoms. The van der Waals surface area contributed by atoms with E-state index in [1.54, 1.807) is 13.2 Å². The number of oxazole rings is 1. The number of ether oxygens (including phenoxy) is 1. The molecule has 0 fully saturated rings. The van der Waals surface area contributed by atoms with Gasteiger partial charge in [-0.15, -0.1) is 0 Å². The Balaban J connectivity index is 2.38. The maximum Gasteiger partial charge on any atom is 0.416 e. The fraction of sp³-hybridized carbons (Fsp3) is 0.375. The molecule has 4 nitrogen and oxygen atoms in total. The van der Waals surface area contributed by atoms with E-state index in [4.69, 9.17) is 9.15 Å². The normalized spacial score (nSPS) is 20.9. The third kappa shape index (κ3) is 1.10. The molecule has 0 aromatic carbocycles. The molecular formula is C8H9NO3. The Morgan fingerprint density at radius 2 is 2.58 bits per heavy atom. The second-order valence-corrected chi connectivity index (χ2v) is 2.69. The number of H-pyrrole nitrogens is 1. The van der Waals surface area contributed by atoms with Gasteiger partial charge in [0.2, 0.25) is 0 Å². The maximum absolute atomic E-state index is 10.8. The number of nitrogens with one attached hydrogen (secondary N) is 1. The highest BCUT2D eigenvalue weighted by molar-refractivity contribution is 5.50. The first-order valence-electron chi connectivity index (χ1n) is 3.72. The van der Waals surface area contributed by atoms with E-state index in [2.05, 4.69) is 4.98 Å². The molecule has 4 heteroatoms. The molecular weight excluding hydrogens is 158 g/mol. The van der Waals surface area contributed by atoms with Gasteiger partial charge in [0.1, 0.15) is 5.76 Å². The van der Waals surface area contributed by atoms with E-state index in [0.717, 1.165) is 5.69 Å². The summed E-state index contributed by atoms with van der Waals surface area (Å²) in [5.74, 6) is 0.274. The summed E-state index contributed by atoms with van der Waals surface area (Å²) in [4.78, 5) is 13.3. The molecule has 1 aromatic rings. The lowest BCUT2D eigenvalue weighted by molar-refractivity contribution is 0.135. The number of hydrogen-bond acceptors (Lipinski definition) is 3. The fourth-order valence-electron chi connectivity index (χ4n) is 1.27. The molecule has 12 heavy (non-hydrogen) atoms. The predicted octanol–water partition coefficient (Wildman–Crippen LogP) is 0.552. The zero-order valence-corrected chi connectivity index (χ0v) is 6.66. The van der Waals surface area contributed by atoms with Gasteiger partial charge >= 0.3 is 5.76 Å². The van der Waals surface area contributed by atoms with E-state index >= 15 is 0 Å². The summed E-state index contributed by atoms with van der Waals surface area (Å²) in [5.41, 5.74) is 0.758. The van der Waals surface area contributed by atoms with Crippen molar-refractivity contribution in [3.05, 3.63) is 28.1 Å². The molecule has 64 valence electrons. The van der Waals surface area contributed by atoms with Crippen LogP contribution in [0.15, 0.2) is 15.3 Å². The lowest BCUT2D eigenvalue weighted by Gasteiger charge is -2.12. The zero-order chi connectivity index (χ0) is 8.55. The molecule has 0 saturated heterocycles. The van der Waals surface area contributed by atoms with Crippen molar-refractivity contribution in [3.63, 3.8) is 0 Å². The summed E-state index contributed by atoms with van der Waals surface area (Å²) in [6.07, 6.45) is 4.35. The molecule has 1 aromatic heterocycles. The van der Waals surface area contributed by atoms with Crippen molar-refractivity contribution in [2.45, 2.75) is 12.5 Å². The number of rotatable bonds is 1. The van der Waals surface area contributed by atoms with Gasteiger partial charge < -0.3 is 9.15 Å². The van der Waals surface area contributed by atoms with Crippen molar-refractivity contribution in [2.75, 3.05) is 7.11 Å². The zero-order valence-electron chi connectivity index (χ0n) is 6.66. The van der Waals surface area contributed by atoms with Crippen LogP contribution in [-0.4, -0.2) is 18.2 Å². The van der Waals surface area contributed by atoms with E-state index in [1.165, 1.54) is 0 Å². The molecule has 0 aliphatic heterocycles. The van der Waals surface area contributed by atoms with Gasteiger partial charge in [-0.25, -0.2) is 4.79 Å². The van der Waals surface area contributed by atoms with Crippen molar-refractivity contribution in [1.82, 2.24) is 4.98 Å². The quantitative estimate of drug-likeness (QED) is 0.664. The third-order valence-electron chi connectivity index (χ3n) is 1.92. The first-order valence-corrected chi connectivity index (χ1v) is 3.72. The second-order valence-electron chi connectivity index (χ2n) is 2.69. The Morgan fingerprint density at radius 3 is 3.33 bits per heavy atom. The number of hydrogen-bond donors (Lipinski definition) is 1. The van der Waals surface area contributed by atoms with E-state index in [0.29, 0.717) is 12.2 Å². The highest BCUT2D eigenvalue weighted by Crippen LogP contribution is 2.16. The van der Waals surface area contributed by atoms with Crippen molar-refractivity contribution in [3.8, 4) is 0 Å². The Kier molecular flexibility index (Phi) is 1.62. The van der Waals surface area contributed by atoms with Crippen LogP contribution in [0.25, 0.3) is 6.08 Å². The van der Waals surface area contributed by atoms with Gasteiger partial charge in [0.15, 0.2) is 0 Å². The lowest BCUT2D eigenvalue weighted by Crippen LogP contribution is -2.13. The summed E-state index contributed by atoms with van der Waals surface area (Å²) < 4.78 is 9.99. The molecule has 1 atom stereocenters. The summed E-state index contributed by atoms with van der Waals surface area (Å²) in [6, 6.07) is 0. The average molecular weight is 167 g/mol. The minimum Gasteiger partial charge on any atom is -0.412 e. The topological polar surface area (TPSA) is 55.2 Å². The van der Waals surface area contributed by atoms with Crippen LogP contribution >= 0.6 is 0 Å². The number of methoxy groups -OCH3 is 1. The van der Waals surface area contributed by atoms with Crippen LogP contribution in [0.1, 0.15) is 11.5 Å². The minimum absolute atomic E-state index is 0.0245. The summed E-state index contributed by atoms with van der Waals surface area (Å²) in [7, 11) is 1.63. The van der Waals surface area contributed by atoms with Crippen LogP contribution in [0.3, 0.4) is 0 Å². The predicted molar refractivity (Wildman–Crippen MR) is 42.9 cm³/mol. The number of fused-ring (bicyclic) bond motifs is 1. The van der Waals surface area contributed by atoms with E-state index < -0.39 is 5.76 Å². The van der Waals surface area contributed by atoms with Crippen molar-refractivity contribution >= 4 is 6.08 Å². The number of aromatic amines is 1. The number of aromatic nitrogens is 1. The Hall–Kier alpha value is -1.29. The molecule has 1 heterocycles. The van der Waals surface area contributed by atoms with Gasteiger partial charge in [0.25, 0.3) is 0 Å². The van der Waals surface area contributed by atoms with Crippen molar-refractivity contribution in [1.29, 1.82) is 0 Å². The van der Waals surface area contributed by atoms with Crippen LogP contribution in [0.2, 0.25) is 0 Å². The standard InChI is InChI=1S/C8H9NO3/c1-11-5-2-3-6-7(4-5)12-8(10)9-6/h2-3,5H,4H2,1H3,(H,9,10). The summed E-state index contributed by atoms with van der Waals surface area (Å²) in [5, 5.41) is 0. The Labute approximate surface area is 68.8 Å². The van der Waals surface area contributed by atoms with Gasteiger partial charge in [-0.3, -0.25) is 4.98 Å². The van der Waals surface area contributed by atoms with Gasteiger partial charge in [0, 0.05) is 13.5 Å². The van der Waals surface area contributed by atoms with E-state index in [1.807, 2.05) is 6.08 Å². The molecule has 2 rings (SSSR count). The van der Waals surface area contributed by atoms with Crippen LogP contribution in [0.4, 0.5) is 0 Å². The van der Waals surface area contributed by atoms with Gasteiger partial charge in [-0.1, -0.05) is 6.08 Å². The maximum atomic E-state index is 10.8. The smallest absolute Gasteiger partial charge is 0.412 e. The van der Waals surface area contributed by atoms with E-state index in [9.17, 15) is 4.79 Å². The van der Waals surface area contributed by atoms with Crippen molar-refractivity contribution < 1.29 is 9.15 Å². The second kappa shape index (κ2) is 2.64. The Bertz CT molecular complexity index is 361. The molecule has 1 aliphatic carbocycles. The van der Waals surface area contributed by atoms with Crippen LogP contribution in [-0.2, 0) is 11.2 Å². The lowest BCUT2D eigenvalue weighted by atomic mass is 10.1. The average Bonchev–Trinajstić information content (AvgIpc) is 2.43. The van der Waals surface area contributed by atoms with E-state index in [-0.39, 0.29) is 6.10 Å². The fourth-order valence-corrected chi connectivity index (χ4v) is 1.27. The monoisotopic (exact) mass is 167 g/mol. The summed E-state index contributed by atoms with van der Waals surface area (Å²) in [6.45, 7) is 0. The minimum atomic E-state index is -0.401. The van der Waals surface area contributed by atoms with Crippen LogP contribution in [0, 0.1) is 0 Å². The molecule has 1 aliphatic rings. The summed E-state index contributed by atoms with van der Waals surface area (Å²) >= 11 is 0. The van der Waals surface area contributed by atoms with Crippen molar-refractivity contribution in [2.24, 2.45) is 0 Å². The highest BCUT2D eigenvalue weighted by Gasteiger charge is 2.17. The molecule has 0 bridgehead atoms. The third-order valence-corrected chi connectivity index (χ3v) is 1.92. The van der Waals surface area contributed by atoms with Gasteiger partial charge in [0.05, 0.1) is 11.8 Å².